The number of aryl methyl sites for hydroxylation is 1. The number of halogens is 1. The number of carbonyl (C=O) groups is 2. The van der Waals surface area contributed by atoms with E-state index in [4.69, 9.17) is 4.98 Å². The molecule has 3 aromatic rings. The third-order valence-corrected chi connectivity index (χ3v) is 8.33. The van der Waals surface area contributed by atoms with Gasteiger partial charge >= 0.3 is 0 Å². The molecular formula is C28H28BrN3O2S. The molecular weight excluding hydrogens is 522 g/mol. The van der Waals surface area contributed by atoms with E-state index in [-0.39, 0.29) is 11.8 Å². The highest BCUT2D eigenvalue weighted by molar-refractivity contribution is 9.10. The fourth-order valence-electron chi connectivity index (χ4n) is 4.93. The third-order valence-electron chi connectivity index (χ3n) is 6.83. The predicted octanol–water partition coefficient (Wildman–Crippen LogP) is 6.35. The minimum atomic E-state index is -0.255. The number of hydrogen-bond acceptors (Lipinski definition) is 4. The van der Waals surface area contributed by atoms with E-state index in [2.05, 4.69) is 44.8 Å². The predicted molar refractivity (Wildman–Crippen MR) is 145 cm³/mol. The third kappa shape index (κ3) is 5.73. The lowest BCUT2D eigenvalue weighted by Crippen LogP contribution is -2.37. The summed E-state index contributed by atoms with van der Waals surface area (Å²) in [4.78, 5) is 31.9. The monoisotopic (exact) mass is 549 g/mol. The maximum Gasteiger partial charge on any atom is 0.248 e. The molecule has 1 aliphatic heterocycles. The number of carbonyl (C=O) groups excluding carboxylic acids is 2. The van der Waals surface area contributed by atoms with Gasteiger partial charge in [-0.15, -0.1) is 11.3 Å². The fourth-order valence-corrected chi connectivity index (χ4v) is 6.33. The Morgan fingerprint density at radius 2 is 1.86 bits per heavy atom. The number of fused-ring (bicyclic) bond motifs is 1. The zero-order valence-electron chi connectivity index (χ0n) is 19.5. The van der Waals surface area contributed by atoms with Crippen LogP contribution in [0.5, 0.6) is 0 Å². The Morgan fingerprint density at radius 1 is 1.06 bits per heavy atom. The Morgan fingerprint density at radius 3 is 2.69 bits per heavy atom. The summed E-state index contributed by atoms with van der Waals surface area (Å²) in [5.41, 5.74) is 5.53. The van der Waals surface area contributed by atoms with Crippen LogP contribution in [0.2, 0.25) is 0 Å². The van der Waals surface area contributed by atoms with Crippen LogP contribution in [0.15, 0.2) is 64.5 Å². The van der Waals surface area contributed by atoms with Gasteiger partial charge in [0.05, 0.1) is 10.7 Å². The molecule has 0 bridgehead atoms. The molecule has 2 aromatic carbocycles. The van der Waals surface area contributed by atoms with Crippen LogP contribution in [0.4, 0.5) is 5.69 Å². The van der Waals surface area contributed by atoms with Crippen molar-refractivity contribution in [3.63, 3.8) is 0 Å². The highest BCUT2D eigenvalue weighted by Gasteiger charge is 2.25. The first-order valence-corrected chi connectivity index (χ1v) is 13.8. The molecule has 5 rings (SSSR count). The number of piperidine rings is 1. The number of likely N-dealkylation sites (tertiary alicyclic amines) is 1. The van der Waals surface area contributed by atoms with E-state index < -0.39 is 0 Å². The van der Waals surface area contributed by atoms with Crippen LogP contribution in [0.25, 0.3) is 11.3 Å². The van der Waals surface area contributed by atoms with Crippen molar-refractivity contribution in [3.8, 4) is 11.3 Å². The van der Waals surface area contributed by atoms with Gasteiger partial charge in [-0.05, 0) is 67.9 Å². The quantitative estimate of drug-likeness (QED) is 0.377. The van der Waals surface area contributed by atoms with Crippen molar-refractivity contribution in [1.82, 2.24) is 9.88 Å². The standard InChI is InChI=1S/C28H28BrN3O2S/c29-22-8-3-7-21(17-22)25-18-35-28(31-25)20-13-15-32(16-14-20)27(34)12-11-26(33)30-24-10-4-6-19-5-1-2-9-23(19)24/h3-4,6-8,10-12,17-18,20H,1-2,5,9,13-16H2,(H,30,33). The summed E-state index contributed by atoms with van der Waals surface area (Å²) in [5, 5.41) is 6.21. The average molecular weight is 551 g/mol. The van der Waals surface area contributed by atoms with E-state index >= 15 is 0 Å². The Labute approximate surface area is 218 Å². The Balaban J connectivity index is 1.14. The lowest BCUT2D eigenvalue weighted by Gasteiger charge is -2.30. The van der Waals surface area contributed by atoms with Crippen LogP contribution in [-0.4, -0.2) is 34.8 Å². The topological polar surface area (TPSA) is 62.3 Å². The SMILES string of the molecule is O=C(C=CC(=O)N1CCC(c2nc(-c3cccc(Br)c3)cs2)CC1)Nc1cccc2c1CCCC2. The van der Waals surface area contributed by atoms with Gasteiger partial charge in [0.1, 0.15) is 0 Å². The summed E-state index contributed by atoms with van der Waals surface area (Å²) in [5.74, 6) is -0.000726. The van der Waals surface area contributed by atoms with Gasteiger partial charge in [0.2, 0.25) is 11.8 Å². The summed E-state index contributed by atoms with van der Waals surface area (Å²) in [6.45, 7) is 1.35. The van der Waals surface area contributed by atoms with Gasteiger partial charge in [-0.1, -0.05) is 40.2 Å². The van der Waals surface area contributed by atoms with Gasteiger partial charge in [-0.2, -0.15) is 0 Å². The molecule has 1 fully saturated rings. The molecule has 0 atom stereocenters. The van der Waals surface area contributed by atoms with E-state index in [1.54, 1.807) is 11.3 Å². The molecule has 1 aliphatic carbocycles. The van der Waals surface area contributed by atoms with Gasteiger partial charge in [0.25, 0.3) is 0 Å². The molecule has 2 heterocycles. The van der Waals surface area contributed by atoms with Gasteiger partial charge < -0.3 is 10.2 Å². The van der Waals surface area contributed by atoms with Crippen molar-refractivity contribution in [2.45, 2.75) is 44.4 Å². The number of nitrogens with one attached hydrogen (secondary N) is 1. The Bertz CT molecular complexity index is 1260. The number of amides is 2. The number of aromatic nitrogens is 1. The van der Waals surface area contributed by atoms with Crippen molar-refractivity contribution >= 4 is 44.8 Å². The molecule has 1 N–H and O–H groups in total. The van der Waals surface area contributed by atoms with E-state index in [1.807, 2.05) is 29.2 Å². The molecule has 1 aromatic heterocycles. The van der Waals surface area contributed by atoms with Crippen molar-refractivity contribution in [1.29, 1.82) is 0 Å². The van der Waals surface area contributed by atoms with Gasteiger partial charge in [-0.25, -0.2) is 4.98 Å². The molecule has 5 nitrogen and oxygen atoms in total. The van der Waals surface area contributed by atoms with Crippen LogP contribution in [0, 0.1) is 0 Å². The lowest BCUT2D eigenvalue weighted by molar-refractivity contribution is -0.127. The van der Waals surface area contributed by atoms with Gasteiger partial charge in [0.15, 0.2) is 0 Å². The second kappa shape index (κ2) is 10.9. The maximum absolute atomic E-state index is 12.7. The van der Waals surface area contributed by atoms with Crippen LogP contribution >= 0.6 is 27.3 Å². The zero-order valence-corrected chi connectivity index (χ0v) is 21.9. The molecule has 2 aliphatic rings. The Kier molecular flexibility index (Phi) is 7.44. The zero-order chi connectivity index (χ0) is 24.2. The summed E-state index contributed by atoms with van der Waals surface area (Å²) in [7, 11) is 0. The van der Waals surface area contributed by atoms with Gasteiger partial charge in [0, 0.05) is 52.3 Å². The molecule has 0 unspecified atom stereocenters. The normalized spacial score (nSPS) is 16.3. The molecule has 1 saturated heterocycles. The van der Waals surface area contributed by atoms with Crippen LogP contribution < -0.4 is 5.32 Å². The summed E-state index contributed by atoms with van der Waals surface area (Å²) in [6, 6.07) is 14.3. The van der Waals surface area contributed by atoms with E-state index in [0.29, 0.717) is 19.0 Å². The second-order valence-corrected chi connectivity index (χ2v) is 11.0. The second-order valence-electron chi connectivity index (χ2n) is 9.15. The highest BCUT2D eigenvalue weighted by Crippen LogP contribution is 2.33. The van der Waals surface area contributed by atoms with Crippen molar-refractivity contribution in [3.05, 3.63) is 80.6 Å². The van der Waals surface area contributed by atoms with Crippen molar-refractivity contribution in [2.24, 2.45) is 0 Å². The molecule has 35 heavy (non-hydrogen) atoms. The number of hydrogen-bond donors (Lipinski definition) is 1. The largest absolute Gasteiger partial charge is 0.339 e. The minimum Gasteiger partial charge on any atom is -0.339 e. The first kappa shape index (κ1) is 23.9. The summed E-state index contributed by atoms with van der Waals surface area (Å²) in [6.07, 6.45) is 8.94. The minimum absolute atomic E-state index is 0.109. The summed E-state index contributed by atoms with van der Waals surface area (Å²) < 4.78 is 1.04. The molecule has 0 spiro atoms. The summed E-state index contributed by atoms with van der Waals surface area (Å²) >= 11 is 5.22. The van der Waals surface area contributed by atoms with E-state index in [0.717, 1.165) is 58.5 Å². The molecule has 0 radical (unpaired) electrons. The van der Waals surface area contributed by atoms with E-state index in [9.17, 15) is 9.59 Å². The smallest absolute Gasteiger partial charge is 0.248 e. The van der Waals surface area contributed by atoms with E-state index in [1.165, 1.54) is 29.7 Å². The molecule has 7 heteroatoms. The van der Waals surface area contributed by atoms with Crippen LogP contribution in [0.3, 0.4) is 0 Å². The molecule has 180 valence electrons. The maximum atomic E-state index is 12.7. The first-order valence-electron chi connectivity index (χ1n) is 12.2. The first-order chi connectivity index (χ1) is 17.1. The number of anilines is 1. The van der Waals surface area contributed by atoms with Crippen molar-refractivity contribution in [2.75, 3.05) is 18.4 Å². The van der Waals surface area contributed by atoms with Crippen molar-refractivity contribution < 1.29 is 9.59 Å². The number of nitrogens with zero attached hydrogens (tertiary/aromatic N) is 2. The van der Waals surface area contributed by atoms with Crippen LogP contribution in [0.1, 0.15) is 47.7 Å². The molecule has 2 amide bonds. The fraction of sp³-hybridized carbons (Fsp3) is 0.321. The Hall–Kier alpha value is -2.77. The number of rotatable bonds is 5. The lowest BCUT2D eigenvalue weighted by atomic mass is 9.90. The number of thiazole rings is 1. The number of benzene rings is 2. The van der Waals surface area contributed by atoms with Gasteiger partial charge in [-0.3, -0.25) is 9.59 Å². The molecule has 0 saturated carbocycles. The average Bonchev–Trinajstić information content (AvgIpc) is 3.38. The highest BCUT2D eigenvalue weighted by atomic mass is 79.9. The van der Waals surface area contributed by atoms with Crippen LogP contribution in [-0.2, 0) is 22.4 Å².